The van der Waals surface area contributed by atoms with Gasteiger partial charge in [-0.05, 0) is 67.4 Å². The quantitative estimate of drug-likeness (QED) is 0.175. The first-order chi connectivity index (χ1) is 18.5. The Bertz CT molecular complexity index is 1550. The summed E-state index contributed by atoms with van der Waals surface area (Å²) >= 11 is 3.34. The molecule has 1 saturated heterocycles. The smallest absolute Gasteiger partial charge is 0.335 e. The number of imide groups is 2. The number of nitro groups is 1. The molecule has 11 nitrogen and oxygen atoms in total. The Kier molecular flexibility index (Phi) is 7.86. The first-order valence-electron chi connectivity index (χ1n) is 11.5. The van der Waals surface area contributed by atoms with Crippen molar-refractivity contribution in [3.8, 4) is 5.75 Å². The van der Waals surface area contributed by atoms with Crippen molar-refractivity contribution in [2.24, 2.45) is 0 Å². The molecule has 12 heteroatoms. The molecule has 1 fully saturated rings. The summed E-state index contributed by atoms with van der Waals surface area (Å²) in [6, 6.07) is 14.2. The van der Waals surface area contributed by atoms with Gasteiger partial charge < -0.3 is 10.1 Å². The van der Waals surface area contributed by atoms with Gasteiger partial charge in [0.15, 0.2) is 6.61 Å². The molecular weight excluding hydrogens is 572 g/mol. The molecule has 0 spiro atoms. The summed E-state index contributed by atoms with van der Waals surface area (Å²) < 4.78 is 6.32. The second-order valence-electron chi connectivity index (χ2n) is 8.57. The SMILES string of the molecule is Cc1ccc(C)c(NC(=O)COc2ccc(Br)cc2/C=C2/C(=O)NC(=O)N(c3ccc([N+](=O)[O-])cc3)C2=O)c1. The number of hydrogen-bond acceptors (Lipinski definition) is 7. The predicted molar refractivity (Wildman–Crippen MR) is 146 cm³/mol. The second kappa shape index (κ2) is 11.3. The van der Waals surface area contributed by atoms with Crippen LogP contribution in [0.3, 0.4) is 0 Å². The summed E-state index contributed by atoms with van der Waals surface area (Å²) in [7, 11) is 0. The minimum atomic E-state index is -0.996. The Morgan fingerprint density at radius 1 is 1.08 bits per heavy atom. The Labute approximate surface area is 230 Å². The van der Waals surface area contributed by atoms with Crippen LogP contribution in [0.1, 0.15) is 16.7 Å². The number of barbiturate groups is 1. The van der Waals surface area contributed by atoms with Crippen molar-refractivity contribution >= 4 is 62.8 Å². The van der Waals surface area contributed by atoms with Crippen LogP contribution in [0.15, 0.2) is 70.7 Å². The average molecular weight is 593 g/mol. The van der Waals surface area contributed by atoms with Crippen molar-refractivity contribution in [3.05, 3.63) is 97.5 Å². The molecular formula is C27H21BrN4O7. The lowest BCUT2D eigenvalue weighted by Gasteiger charge is -2.26. The van der Waals surface area contributed by atoms with Crippen molar-refractivity contribution in [1.82, 2.24) is 5.32 Å². The molecule has 0 aliphatic carbocycles. The van der Waals surface area contributed by atoms with E-state index in [9.17, 15) is 29.3 Å². The van der Waals surface area contributed by atoms with Gasteiger partial charge in [0.05, 0.1) is 10.6 Å². The van der Waals surface area contributed by atoms with Gasteiger partial charge in [-0.1, -0.05) is 28.1 Å². The molecule has 3 aromatic rings. The molecule has 198 valence electrons. The number of rotatable bonds is 7. The van der Waals surface area contributed by atoms with Gasteiger partial charge in [-0.3, -0.25) is 29.8 Å². The number of carbonyl (C=O) groups is 4. The van der Waals surface area contributed by atoms with Crippen LogP contribution in [0.4, 0.5) is 21.9 Å². The summed E-state index contributed by atoms with van der Waals surface area (Å²) in [5.74, 6) is -2.06. The van der Waals surface area contributed by atoms with Crippen LogP contribution in [-0.2, 0) is 14.4 Å². The van der Waals surface area contributed by atoms with Gasteiger partial charge in [-0.25, -0.2) is 9.69 Å². The number of aryl methyl sites for hydroxylation is 2. The zero-order chi connectivity index (χ0) is 28.3. The molecule has 1 aliphatic rings. The van der Waals surface area contributed by atoms with E-state index in [4.69, 9.17) is 4.74 Å². The van der Waals surface area contributed by atoms with Crippen molar-refractivity contribution < 1.29 is 28.8 Å². The van der Waals surface area contributed by atoms with Gasteiger partial charge >= 0.3 is 6.03 Å². The largest absolute Gasteiger partial charge is 0.483 e. The second-order valence-corrected chi connectivity index (χ2v) is 9.48. The number of ether oxygens (including phenoxy) is 1. The van der Waals surface area contributed by atoms with Gasteiger partial charge in [-0.2, -0.15) is 0 Å². The lowest BCUT2D eigenvalue weighted by Crippen LogP contribution is -2.54. The topological polar surface area (TPSA) is 148 Å². The van der Waals surface area contributed by atoms with E-state index in [1.807, 2.05) is 32.0 Å². The Morgan fingerprint density at radius 3 is 2.49 bits per heavy atom. The Hall–Kier alpha value is -4.84. The summed E-state index contributed by atoms with van der Waals surface area (Å²) in [6.07, 6.45) is 1.24. The summed E-state index contributed by atoms with van der Waals surface area (Å²) in [4.78, 5) is 61.9. The van der Waals surface area contributed by atoms with Crippen LogP contribution >= 0.6 is 15.9 Å². The zero-order valence-corrected chi connectivity index (χ0v) is 22.3. The van der Waals surface area contributed by atoms with Crippen LogP contribution < -0.4 is 20.3 Å². The van der Waals surface area contributed by atoms with E-state index in [1.165, 1.54) is 18.2 Å². The first kappa shape index (κ1) is 27.2. The van der Waals surface area contributed by atoms with Crippen molar-refractivity contribution in [2.75, 3.05) is 16.8 Å². The van der Waals surface area contributed by atoms with E-state index in [0.29, 0.717) is 20.6 Å². The highest BCUT2D eigenvalue weighted by molar-refractivity contribution is 9.10. The maximum atomic E-state index is 13.2. The standard InChI is InChI=1S/C27H21BrN4O7/c1-15-3-4-16(2)22(11-15)29-24(33)14-39-23-10-5-18(28)12-17(23)13-21-25(34)30-27(36)31(26(21)35)19-6-8-20(9-7-19)32(37)38/h3-13H,14H2,1-2H3,(H,29,33)(H,30,34,36)/b21-13-. The number of anilines is 2. The number of urea groups is 1. The molecule has 0 bridgehead atoms. The fourth-order valence-corrected chi connectivity index (χ4v) is 4.11. The molecule has 0 unspecified atom stereocenters. The fourth-order valence-electron chi connectivity index (χ4n) is 3.73. The van der Waals surface area contributed by atoms with Gasteiger partial charge in [0.1, 0.15) is 11.3 Å². The van der Waals surface area contributed by atoms with Crippen LogP contribution in [0, 0.1) is 24.0 Å². The van der Waals surface area contributed by atoms with Crippen LogP contribution in [0.5, 0.6) is 5.75 Å². The molecule has 5 amide bonds. The molecule has 1 aliphatic heterocycles. The van der Waals surface area contributed by atoms with Crippen molar-refractivity contribution in [3.63, 3.8) is 0 Å². The molecule has 0 radical (unpaired) electrons. The maximum absolute atomic E-state index is 13.2. The minimum absolute atomic E-state index is 0.0373. The third kappa shape index (κ3) is 6.18. The zero-order valence-electron chi connectivity index (χ0n) is 20.7. The average Bonchev–Trinajstić information content (AvgIpc) is 2.88. The number of halogens is 1. The van der Waals surface area contributed by atoms with Crippen molar-refractivity contribution in [1.29, 1.82) is 0 Å². The maximum Gasteiger partial charge on any atom is 0.335 e. The molecule has 4 rings (SSSR count). The molecule has 1 heterocycles. The van der Waals surface area contributed by atoms with Crippen LogP contribution in [-0.4, -0.2) is 35.3 Å². The summed E-state index contributed by atoms with van der Waals surface area (Å²) in [5.41, 5.74) is 2.24. The normalized spacial score (nSPS) is 14.3. The van der Waals surface area contributed by atoms with Crippen LogP contribution in [0.2, 0.25) is 0 Å². The molecule has 0 atom stereocenters. The van der Waals surface area contributed by atoms with E-state index < -0.39 is 28.7 Å². The number of nitrogens with one attached hydrogen (secondary N) is 2. The lowest BCUT2D eigenvalue weighted by atomic mass is 10.1. The lowest BCUT2D eigenvalue weighted by molar-refractivity contribution is -0.384. The Morgan fingerprint density at radius 2 is 1.79 bits per heavy atom. The number of carbonyl (C=O) groups excluding carboxylic acids is 4. The number of amides is 5. The molecule has 39 heavy (non-hydrogen) atoms. The van der Waals surface area contributed by atoms with Gasteiger partial charge in [0.25, 0.3) is 23.4 Å². The monoisotopic (exact) mass is 592 g/mol. The third-order valence-electron chi connectivity index (χ3n) is 5.72. The fraction of sp³-hybridized carbons (Fsp3) is 0.111. The summed E-state index contributed by atoms with van der Waals surface area (Å²) in [6.45, 7) is 3.43. The number of nitrogens with zero attached hydrogens (tertiary/aromatic N) is 2. The number of benzene rings is 3. The summed E-state index contributed by atoms with van der Waals surface area (Å²) in [5, 5.41) is 15.8. The minimum Gasteiger partial charge on any atom is -0.483 e. The van der Waals surface area contributed by atoms with Crippen molar-refractivity contribution in [2.45, 2.75) is 13.8 Å². The molecule has 2 N–H and O–H groups in total. The first-order valence-corrected chi connectivity index (χ1v) is 12.3. The third-order valence-corrected chi connectivity index (χ3v) is 6.21. The van der Waals surface area contributed by atoms with E-state index in [2.05, 4.69) is 26.6 Å². The van der Waals surface area contributed by atoms with Gasteiger partial charge in [-0.15, -0.1) is 0 Å². The molecule has 0 aromatic heterocycles. The van der Waals surface area contributed by atoms with E-state index in [-0.39, 0.29) is 29.3 Å². The number of nitro benzene ring substituents is 1. The van der Waals surface area contributed by atoms with Gasteiger partial charge in [0, 0.05) is 27.9 Å². The number of non-ortho nitro benzene ring substituents is 1. The van der Waals surface area contributed by atoms with Gasteiger partial charge in [0.2, 0.25) is 0 Å². The molecule has 0 saturated carbocycles. The predicted octanol–water partition coefficient (Wildman–Crippen LogP) is 4.66. The van der Waals surface area contributed by atoms with E-state index in [1.54, 1.807) is 18.2 Å². The highest BCUT2D eigenvalue weighted by Crippen LogP contribution is 2.29. The van der Waals surface area contributed by atoms with E-state index in [0.717, 1.165) is 23.3 Å². The number of hydrogen-bond donors (Lipinski definition) is 2. The highest BCUT2D eigenvalue weighted by atomic mass is 79.9. The highest BCUT2D eigenvalue weighted by Gasteiger charge is 2.37. The molecule has 3 aromatic carbocycles. The van der Waals surface area contributed by atoms with E-state index >= 15 is 0 Å². The van der Waals surface area contributed by atoms with Crippen LogP contribution in [0.25, 0.3) is 6.08 Å². The Balaban J connectivity index is 1.58.